The molecule has 1 saturated heterocycles. The Morgan fingerprint density at radius 3 is 2.92 bits per heavy atom. The lowest BCUT2D eigenvalue weighted by atomic mass is 9.98. The monoisotopic (exact) mass is 339 g/mol. The molecule has 2 aromatic rings. The fourth-order valence-electron chi connectivity index (χ4n) is 3.81. The molecule has 0 N–H and O–H groups in total. The molecule has 1 fully saturated rings. The van der Waals surface area contributed by atoms with Crippen LogP contribution >= 0.6 is 0 Å². The molecular formula is C19H21N3O3. The van der Waals surface area contributed by atoms with E-state index in [1.807, 2.05) is 28.0 Å². The lowest BCUT2D eigenvalue weighted by Crippen LogP contribution is -2.32. The zero-order valence-electron chi connectivity index (χ0n) is 14.1. The average molecular weight is 339 g/mol. The van der Waals surface area contributed by atoms with Crippen LogP contribution in [-0.4, -0.2) is 41.5 Å². The SMILES string of the molecule is O=C1CCCN1CC[C@H]1CN(C(=O)Cc2ccon2)c2ccccc21. The summed E-state index contributed by atoms with van der Waals surface area (Å²) in [5, 5.41) is 3.83. The molecule has 1 aromatic carbocycles. The Labute approximate surface area is 146 Å². The molecule has 1 aromatic heterocycles. The van der Waals surface area contributed by atoms with Crippen molar-refractivity contribution in [3.8, 4) is 0 Å². The van der Waals surface area contributed by atoms with Crippen LogP contribution in [0.2, 0.25) is 0 Å². The number of aromatic nitrogens is 1. The zero-order chi connectivity index (χ0) is 17.2. The van der Waals surface area contributed by atoms with Gasteiger partial charge in [0.15, 0.2) is 0 Å². The second kappa shape index (κ2) is 6.70. The number of amides is 2. The van der Waals surface area contributed by atoms with Crippen molar-refractivity contribution in [2.75, 3.05) is 24.5 Å². The average Bonchev–Trinajstić information content (AvgIpc) is 3.34. The third-order valence-electron chi connectivity index (χ3n) is 5.11. The highest BCUT2D eigenvalue weighted by atomic mass is 16.5. The molecule has 4 rings (SSSR count). The first-order valence-electron chi connectivity index (χ1n) is 8.78. The molecule has 0 spiro atoms. The van der Waals surface area contributed by atoms with Gasteiger partial charge in [-0.05, 0) is 24.5 Å². The normalized spacial score (nSPS) is 19.5. The number of anilines is 1. The number of nitrogens with zero attached hydrogens (tertiary/aromatic N) is 3. The molecule has 0 unspecified atom stereocenters. The van der Waals surface area contributed by atoms with Crippen LogP contribution in [0.25, 0.3) is 0 Å². The van der Waals surface area contributed by atoms with Gasteiger partial charge in [0, 0.05) is 43.7 Å². The second-order valence-corrected chi connectivity index (χ2v) is 6.70. The van der Waals surface area contributed by atoms with Crippen LogP contribution in [0.4, 0.5) is 5.69 Å². The van der Waals surface area contributed by atoms with Crippen LogP contribution in [0.5, 0.6) is 0 Å². The summed E-state index contributed by atoms with van der Waals surface area (Å²) in [5.74, 6) is 0.553. The minimum absolute atomic E-state index is 0.0288. The molecule has 2 aliphatic heterocycles. The molecule has 0 saturated carbocycles. The number of para-hydroxylation sites is 1. The van der Waals surface area contributed by atoms with Crippen LogP contribution in [0, 0.1) is 0 Å². The predicted octanol–water partition coefficient (Wildman–Crippen LogP) is 2.36. The van der Waals surface area contributed by atoms with Crippen molar-refractivity contribution in [3.05, 3.63) is 47.9 Å². The number of benzene rings is 1. The molecule has 6 nitrogen and oxygen atoms in total. The summed E-state index contributed by atoms with van der Waals surface area (Å²) in [5.41, 5.74) is 2.82. The topological polar surface area (TPSA) is 66.7 Å². The van der Waals surface area contributed by atoms with E-state index in [9.17, 15) is 9.59 Å². The van der Waals surface area contributed by atoms with Crippen molar-refractivity contribution in [1.29, 1.82) is 0 Å². The third kappa shape index (κ3) is 3.16. The summed E-state index contributed by atoms with van der Waals surface area (Å²) in [7, 11) is 0. The first-order valence-corrected chi connectivity index (χ1v) is 8.78. The van der Waals surface area contributed by atoms with E-state index in [1.165, 1.54) is 11.8 Å². The third-order valence-corrected chi connectivity index (χ3v) is 5.11. The summed E-state index contributed by atoms with van der Waals surface area (Å²) >= 11 is 0. The number of hydrogen-bond donors (Lipinski definition) is 0. The van der Waals surface area contributed by atoms with Crippen molar-refractivity contribution in [2.24, 2.45) is 0 Å². The van der Waals surface area contributed by atoms with Gasteiger partial charge in [-0.25, -0.2) is 0 Å². The number of hydrogen-bond acceptors (Lipinski definition) is 4. The van der Waals surface area contributed by atoms with Crippen molar-refractivity contribution in [2.45, 2.75) is 31.6 Å². The standard InChI is InChI=1S/C19H21N3O3/c23-18-6-3-9-21(18)10-7-14-13-22(17-5-2-1-4-16(14)17)19(24)12-15-8-11-25-20-15/h1-2,4-5,8,11,14H,3,6-7,9-10,12-13H2/t14-/m0/s1. The van der Waals surface area contributed by atoms with Gasteiger partial charge in [0.1, 0.15) is 6.26 Å². The van der Waals surface area contributed by atoms with Gasteiger partial charge in [0.25, 0.3) is 0 Å². The second-order valence-electron chi connectivity index (χ2n) is 6.70. The minimum Gasteiger partial charge on any atom is -0.364 e. The van der Waals surface area contributed by atoms with Crippen molar-refractivity contribution in [1.82, 2.24) is 10.1 Å². The molecule has 1 atom stereocenters. The summed E-state index contributed by atoms with van der Waals surface area (Å²) in [6.45, 7) is 2.29. The number of likely N-dealkylation sites (tertiary alicyclic amines) is 1. The van der Waals surface area contributed by atoms with E-state index < -0.39 is 0 Å². The number of carbonyl (C=O) groups excluding carboxylic acids is 2. The zero-order valence-corrected chi connectivity index (χ0v) is 14.1. The van der Waals surface area contributed by atoms with E-state index >= 15 is 0 Å². The maximum Gasteiger partial charge on any atom is 0.233 e. The number of rotatable bonds is 5. The largest absolute Gasteiger partial charge is 0.364 e. The molecular weight excluding hydrogens is 318 g/mol. The van der Waals surface area contributed by atoms with E-state index in [-0.39, 0.29) is 24.2 Å². The molecule has 0 bridgehead atoms. The smallest absolute Gasteiger partial charge is 0.233 e. The van der Waals surface area contributed by atoms with Gasteiger partial charge in [-0.15, -0.1) is 0 Å². The van der Waals surface area contributed by atoms with Crippen LogP contribution in [-0.2, 0) is 16.0 Å². The number of carbonyl (C=O) groups is 2. The van der Waals surface area contributed by atoms with Gasteiger partial charge in [0.05, 0.1) is 12.1 Å². The highest BCUT2D eigenvalue weighted by Gasteiger charge is 2.33. The van der Waals surface area contributed by atoms with Gasteiger partial charge in [-0.3, -0.25) is 9.59 Å². The molecule has 6 heteroatoms. The van der Waals surface area contributed by atoms with Gasteiger partial charge in [-0.2, -0.15) is 0 Å². The highest BCUT2D eigenvalue weighted by Crippen LogP contribution is 2.38. The van der Waals surface area contributed by atoms with Gasteiger partial charge < -0.3 is 14.3 Å². The van der Waals surface area contributed by atoms with E-state index in [2.05, 4.69) is 11.2 Å². The number of fused-ring (bicyclic) bond motifs is 1. The molecule has 2 aliphatic rings. The van der Waals surface area contributed by atoms with Crippen molar-refractivity contribution >= 4 is 17.5 Å². The fraction of sp³-hybridized carbons (Fsp3) is 0.421. The van der Waals surface area contributed by atoms with Crippen molar-refractivity contribution in [3.63, 3.8) is 0 Å². The first-order chi connectivity index (χ1) is 12.2. The first kappa shape index (κ1) is 15.9. The lowest BCUT2D eigenvalue weighted by Gasteiger charge is -2.19. The quantitative estimate of drug-likeness (QED) is 0.839. The van der Waals surface area contributed by atoms with Gasteiger partial charge >= 0.3 is 0 Å². The van der Waals surface area contributed by atoms with Crippen LogP contribution in [0.3, 0.4) is 0 Å². The summed E-state index contributed by atoms with van der Waals surface area (Å²) < 4.78 is 4.82. The Hall–Kier alpha value is -2.63. The summed E-state index contributed by atoms with van der Waals surface area (Å²) in [6.07, 6.45) is 4.24. The van der Waals surface area contributed by atoms with Gasteiger partial charge in [-0.1, -0.05) is 23.4 Å². The molecule has 130 valence electrons. The Bertz CT molecular complexity index is 772. The Balaban J connectivity index is 1.47. The van der Waals surface area contributed by atoms with E-state index in [1.54, 1.807) is 6.07 Å². The van der Waals surface area contributed by atoms with Crippen LogP contribution in [0.1, 0.15) is 36.4 Å². The lowest BCUT2D eigenvalue weighted by molar-refractivity contribution is -0.127. The van der Waals surface area contributed by atoms with Crippen LogP contribution < -0.4 is 4.90 Å². The molecule has 0 radical (unpaired) electrons. The highest BCUT2D eigenvalue weighted by molar-refractivity contribution is 5.96. The fourth-order valence-corrected chi connectivity index (χ4v) is 3.81. The maximum atomic E-state index is 12.7. The molecule has 25 heavy (non-hydrogen) atoms. The Morgan fingerprint density at radius 1 is 1.28 bits per heavy atom. The Morgan fingerprint density at radius 2 is 2.16 bits per heavy atom. The van der Waals surface area contributed by atoms with E-state index in [4.69, 9.17) is 4.52 Å². The molecule has 2 amide bonds. The summed E-state index contributed by atoms with van der Waals surface area (Å²) in [4.78, 5) is 28.3. The molecule has 0 aliphatic carbocycles. The summed E-state index contributed by atoms with van der Waals surface area (Å²) in [6, 6.07) is 9.78. The maximum absolute atomic E-state index is 12.7. The molecule has 3 heterocycles. The Kier molecular flexibility index (Phi) is 4.26. The van der Waals surface area contributed by atoms with Crippen molar-refractivity contribution < 1.29 is 14.1 Å². The minimum atomic E-state index is 0.0288. The van der Waals surface area contributed by atoms with E-state index in [0.717, 1.165) is 31.6 Å². The van der Waals surface area contributed by atoms with Crippen LogP contribution in [0.15, 0.2) is 41.1 Å². The van der Waals surface area contributed by atoms with Gasteiger partial charge in [0.2, 0.25) is 11.8 Å². The van der Waals surface area contributed by atoms with E-state index in [0.29, 0.717) is 18.7 Å². The predicted molar refractivity (Wildman–Crippen MR) is 92.2 cm³/mol.